The van der Waals surface area contributed by atoms with Crippen molar-refractivity contribution in [2.75, 3.05) is 31.2 Å². The number of Topliss-reactive ketones (excluding diaryl/α,β-unsaturated/α-hetero) is 1. The van der Waals surface area contributed by atoms with Crippen molar-refractivity contribution in [1.82, 2.24) is 9.78 Å². The number of ketones is 1. The first-order valence-corrected chi connectivity index (χ1v) is 11.5. The molecule has 0 atom stereocenters. The van der Waals surface area contributed by atoms with Crippen molar-refractivity contribution in [3.63, 3.8) is 0 Å². The molecule has 1 aliphatic rings. The number of aliphatic hydroxyl groups is 1. The number of anilines is 1. The van der Waals surface area contributed by atoms with Crippen LogP contribution in [-0.4, -0.2) is 47.0 Å². The summed E-state index contributed by atoms with van der Waals surface area (Å²) < 4.78 is 7.29. The third-order valence-corrected chi connectivity index (χ3v) is 6.32. The van der Waals surface area contributed by atoms with Crippen LogP contribution in [0.4, 0.5) is 5.69 Å². The van der Waals surface area contributed by atoms with Gasteiger partial charge in [-0.2, -0.15) is 5.10 Å². The van der Waals surface area contributed by atoms with E-state index in [-0.39, 0.29) is 5.78 Å². The van der Waals surface area contributed by atoms with Crippen molar-refractivity contribution in [2.45, 2.75) is 13.3 Å². The predicted octanol–water partition coefficient (Wildman–Crippen LogP) is 5.21. The summed E-state index contributed by atoms with van der Waals surface area (Å²) >= 11 is 0. The van der Waals surface area contributed by atoms with E-state index in [0.29, 0.717) is 6.42 Å². The van der Waals surface area contributed by atoms with Crippen LogP contribution in [-0.2, 0) is 11.2 Å². The van der Waals surface area contributed by atoms with E-state index in [1.54, 1.807) is 0 Å². The van der Waals surface area contributed by atoms with Crippen LogP contribution in [0.1, 0.15) is 28.4 Å². The van der Waals surface area contributed by atoms with Gasteiger partial charge in [-0.15, -0.1) is 0 Å². The molecule has 1 N–H and O–H groups in total. The van der Waals surface area contributed by atoms with Crippen molar-refractivity contribution in [1.29, 1.82) is 0 Å². The number of nitrogens with zero attached hydrogens (tertiary/aromatic N) is 3. The Bertz CT molecular complexity index is 1330. The second-order valence-corrected chi connectivity index (χ2v) is 8.55. The molecule has 0 amide bonds. The molecule has 1 aliphatic heterocycles. The lowest BCUT2D eigenvalue weighted by atomic mass is 10.0. The Morgan fingerprint density at radius 3 is 2.35 bits per heavy atom. The van der Waals surface area contributed by atoms with E-state index in [1.807, 2.05) is 84.5 Å². The summed E-state index contributed by atoms with van der Waals surface area (Å²) in [6.07, 6.45) is 3.28. The Kier molecular flexibility index (Phi) is 6.14. The smallest absolute Gasteiger partial charge is 0.167 e. The average Bonchev–Trinajstić information content (AvgIpc) is 3.32. The van der Waals surface area contributed by atoms with Crippen LogP contribution >= 0.6 is 0 Å². The molecule has 3 aromatic carbocycles. The fraction of sp³-hybridized carbons (Fsp3) is 0.214. The monoisotopic (exact) mass is 453 g/mol. The highest BCUT2D eigenvalue weighted by molar-refractivity contribution is 5.98. The van der Waals surface area contributed by atoms with Crippen molar-refractivity contribution in [2.24, 2.45) is 0 Å². The van der Waals surface area contributed by atoms with Crippen molar-refractivity contribution in [3.8, 4) is 5.69 Å². The highest BCUT2D eigenvalue weighted by Crippen LogP contribution is 2.23. The summed E-state index contributed by atoms with van der Waals surface area (Å²) in [6, 6.07) is 21.8. The van der Waals surface area contributed by atoms with Gasteiger partial charge in [-0.1, -0.05) is 18.2 Å². The number of allylic oxidation sites excluding steroid dienone is 1. The minimum atomic E-state index is 0.100. The van der Waals surface area contributed by atoms with E-state index in [0.717, 1.165) is 77.1 Å². The van der Waals surface area contributed by atoms with E-state index < -0.39 is 0 Å². The molecular formula is C28H27N3O3. The molecular weight excluding hydrogens is 426 g/mol. The first-order chi connectivity index (χ1) is 16.6. The first-order valence-electron chi connectivity index (χ1n) is 11.5. The first kappa shape index (κ1) is 21.9. The number of rotatable bonds is 6. The number of ether oxygens (including phenoxy) is 1. The van der Waals surface area contributed by atoms with Gasteiger partial charge in [0.05, 0.1) is 36.9 Å². The summed E-state index contributed by atoms with van der Waals surface area (Å²) in [5.74, 6) is 0.100. The number of hydrogen-bond acceptors (Lipinski definition) is 5. The van der Waals surface area contributed by atoms with E-state index >= 15 is 0 Å². The Morgan fingerprint density at radius 2 is 1.65 bits per heavy atom. The number of morpholine rings is 1. The van der Waals surface area contributed by atoms with Gasteiger partial charge < -0.3 is 14.7 Å². The fourth-order valence-corrected chi connectivity index (χ4v) is 4.31. The van der Waals surface area contributed by atoms with Gasteiger partial charge in [0, 0.05) is 36.1 Å². The Morgan fingerprint density at radius 1 is 0.971 bits per heavy atom. The summed E-state index contributed by atoms with van der Waals surface area (Å²) in [7, 11) is 0. The van der Waals surface area contributed by atoms with Crippen molar-refractivity contribution in [3.05, 3.63) is 95.9 Å². The van der Waals surface area contributed by atoms with Crippen LogP contribution < -0.4 is 4.90 Å². The molecule has 6 heteroatoms. The van der Waals surface area contributed by atoms with E-state index in [2.05, 4.69) is 10.00 Å². The second kappa shape index (κ2) is 9.53. The quantitative estimate of drug-likeness (QED) is 0.321. The van der Waals surface area contributed by atoms with Crippen LogP contribution in [0.15, 0.2) is 79.2 Å². The van der Waals surface area contributed by atoms with Gasteiger partial charge in [0.25, 0.3) is 0 Å². The largest absolute Gasteiger partial charge is 0.515 e. The van der Waals surface area contributed by atoms with Crippen LogP contribution in [0.5, 0.6) is 0 Å². The molecule has 34 heavy (non-hydrogen) atoms. The molecule has 6 nitrogen and oxygen atoms in total. The van der Waals surface area contributed by atoms with Gasteiger partial charge in [-0.05, 0) is 72.2 Å². The van der Waals surface area contributed by atoms with E-state index in [9.17, 15) is 9.90 Å². The van der Waals surface area contributed by atoms with Crippen LogP contribution in [0.25, 0.3) is 22.2 Å². The Balaban J connectivity index is 1.31. The summed E-state index contributed by atoms with van der Waals surface area (Å²) in [5.41, 5.74) is 6.50. The molecule has 5 rings (SSSR count). The third kappa shape index (κ3) is 4.45. The molecule has 1 aromatic heterocycles. The minimum absolute atomic E-state index is 0.100. The van der Waals surface area contributed by atoms with Gasteiger partial charge in [0.1, 0.15) is 0 Å². The van der Waals surface area contributed by atoms with Gasteiger partial charge in [0.2, 0.25) is 0 Å². The lowest BCUT2D eigenvalue weighted by molar-refractivity contribution is 0.0993. The number of carbonyl (C=O) groups excluding carboxylic acids is 1. The SMILES string of the molecule is C/C(=C\O)c1ccc(-n2ncc3cc(CC(=O)c4ccc(N5CCOCC5)cc4)ccc32)cc1. The number of carbonyl (C=O) groups is 1. The highest BCUT2D eigenvalue weighted by Gasteiger charge is 2.13. The maximum absolute atomic E-state index is 12.9. The van der Waals surface area contributed by atoms with Crippen molar-refractivity contribution < 1.29 is 14.6 Å². The van der Waals surface area contributed by atoms with Crippen LogP contribution in [0.3, 0.4) is 0 Å². The topological polar surface area (TPSA) is 67.6 Å². The summed E-state index contributed by atoms with van der Waals surface area (Å²) in [6.45, 7) is 5.10. The molecule has 0 aliphatic carbocycles. The highest BCUT2D eigenvalue weighted by atomic mass is 16.5. The zero-order chi connectivity index (χ0) is 23.5. The molecule has 2 heterocycles. The summed E-state index contributed by atoms with van der Waals surface area (Å²) in [5, 5.41) is 14.7. The van der Waals surface area contributed by atoms with Gasteiger partial charge >= 0.3 is 0 Å². The number of aromatic nitrogens is 2. The Labute approximate surface area is 198 Å². The van der Waals surface area contributed by atoms with Gasteiger partial charge in [-0.3, -0.25) is 4.79 Å². The number of benzene rings is 3. The summed E-state index contributed by atoms with van der Waals surface area (Å²) in [4.78, 5) is 15.2. The zero-order valence-corrected chi connectivity index (χ0v) is 19.1. The van der Waals surface area contributed by atoms with Crippen LogP contribution in [0.2, 0.25) is 0 Å². The third-order valence-electron chi connectivity index (χ3n) is 6.32. The maximum Gasteiger partial charge on any atom is 0.167 e. The lowest BCUT2D eigenvalue weighted by Crippen LogP contribution is -2.36. The van der Waals surface area contributed by atoms with Gasteiger partial charge in [-0.25, -0.2) is 4.68 Å². The molecule has 172 valence electrons. The number of aliphatic hydroxyl groups excluding tert-OH is 1. The molecule has 0 radical (unpaired) electrons. The second-order valence-electron chi connectivity index (χ2n) is 8.55. The molecule has 0 bridgehead atoms. The number of hydrogen-bond donors (Lipinski definition) is 1. The molecule has 0 unspecified atom stereocenters. The standard InChI is InChI=1S/C28H27N3O3/c1-20(19-32)22-3-9-26(10-4-22)31-27-11-2-21(16-24(27)18-29-31)17-28(33)23-5-7-25(8-6-23)30-12-14-34-15-13-30/h2-11,16,18-19,32H,12-15,17H2,1H3/b20-19+. The Hall–Kier alpha value is -3.90. The fourth-order valence-electron chi connectivity index (χ4n) is 4.31. The minimum Gasteiger partial charge on any atom is -0.515 e. The molecule has 1 saturated heterocycles. The zero-order valence-electron chi connectivity index (χ0n) is 19.1. The lowest BCUT2D eigenvalue weighted by Gasteiger charge is -2.28. The number of fused-ring (bicyclic) bond motifs is 1. The van der Waals surface area contributed by atoms with Crippen molar-refractivity contribution >= 4 is 27.9 Å². The normalized spacial score (nSPS) is 14.5. The van der Waals surface area contributed by atoms with Crippen LogP contribution in [0, 0.1) is 0 Å². The molecule has 1 fully saturated rings. The molecule has 4 aromatic rings. The average molecular weight is 454 g/mol. The molecule has 0 saturated carbocycles. The van der Waals surface area contributed by atoms with E-state index in [4.69, 9.17) is 4.74 Å². The maximum atomic E-state index is 12.9. The predicted molar refractivity (Wildman–Crippen MR) is 135 cm³/mol. The van der Waals surface area contributed by atoms with E-state index in [1.165, 1.54) is 0 Å². The molecule has 0 spiro atoms. The van der Waals surface area contributed by atoms with Gasteiger partial charge in [0.15, 0.2) is 5.78 Å².